The quantitative estimate of drug-likeness (QED) is 0.667. The number of primary sulfonamides is 1. The van der Waals surface area contributed by atoms with Crippen molar-refractivity contribution in [3.63, 3.8) is 0 Å². The van der Waals surface area contributed by atoms with Crippen molar-refractivity contribution in [3.05, 3.63) is 0 Å². The minimum absolute atomic E-state index is 0.0468. The molecule has 1 heterocycles. The van der Waals surface area contributed by atoms with Gasteiger partial charge in [0.2, 0.25) is 15.9 Å². The second-order valence-electron chi connectivity index (χ2n) is 3.87. The van der Waals surface area contributed by atoms with Gasteiger partial charge in [0.15, 0.2) is 0 Å². The number of amides is 1. The van der Waals surface area contributed by atoms with Crippen LogP contribution in [0, 0.1) is 5.92 Å². The minimum atomic E-state index is -3.51. The second kappa shape index (κ2) is 5.60. The summed E-state index contributed by atoms with van der Waals surface area (Å²) >= 11 is 0. The summed E-state index contributed by atoms with van der Waals surface area (Å²) in [5, 5.41) is 7.39. The predicted octanol–water partition coefficient (Wildman–Crippen LogP) is -0.794. The van der Waals surface area contributed by atoms with E-state index in [1.54, 1.807) is 0 Å². The molecule has 2 unspecified atom stereocenters. The molecule has 94 valence electrons. The Labute approximate surface area is 95.6 Å². The van der Waals surface area contributed by atoms with Gasteiger partial charge in [-0.15, -0.1) is 0 Å². The summed E-state index contributed by atoms with van der Waals surface area (Å²) in [7, 11) is -3.51. The van der Waals surface area contributed by atoms with E-state index in [1.165, 1.54) is 0 Å². The number of ether oxygens (including phenoxy) is 1. The Hall–Kier alpha value is -0.660. The standard InChI is InChI=1S/C9H18N2O4S/c1-2-8-7(3-5-15-8)9(12)11-4-6-16(10,13)14/h7-8H,2-6H2,1H3,(H,11,12)(H2,10,13,14). The van der Waals surface area contributed by atoms with Crippen LogP contribution < -0.4 is 10.5 Å². The molecule has 7 heteroatoms. The van der Waals surface area contributed by atoms with Crippen molar-refractivity contribution in [2.45, 2.75) is 25.9 Å². The molecule has 1 amide bonds. The van der Waals surface area contributed by atoms with Crippen LogP contribution in [0.15, 0.2) is 0 Å². The summed E-state index contributed by atoms with van der Waals surface area (Å²) < 4.78 is 26.7. The summed E-state index contributed by atoms with van der Waals surface area (Å²) in [6.45, 7) is 2.61. The van der Waals surface area contributed by atoms with Crippen molar-refractivity contribution in [2.75, 3.05) is 18.9 Å². The van der Waals surface area contributed by atoms with E-state index in [1.807, 2.05) is 6.92 Å². The largest absolute Gasteiger partial charge is 0.377 e. The molecule has 1 rings (SSSR count). The number of nitrogens with two attached hydrogens (primary N) is 1. The van der Waals surface area contributed by atoms with Gasteiger partial charge in [0.25, 0.3) is 0 Å². The van der Waals surface area contributed by atoms with Crippen LogP contribution in [0.3, 0.4) is 0 Å². The number of sulfonamides is 1. The molecule has 0 radical (unpaired) electrons. The second-order valence-corrected chi connectivity index (χ2v) is 5.60. The molecule has 1 aliphatic rings. The maximum Gasteiger partial charge on any atom is 0.225 e. The number of hydrogen-bond acceptors (Lipinski definition) is 4. The van der Waals surface area contributed by atoms with Gasteiger partial charge in [0.1, 0.15) is 0 Å². The normalized spacial score (nSPS) is 25.6. The fraction of sp³-hybridized carbons (Fsp3) is 0.889. The van der Waals surface area contributed by atoms with Crippen LogP contribution in [-0.4, -0.2) is 39.3 Å². The third kappa shape index (κ3) is 4.07. The first-order chi connectivity index (χ1) is 7.44. The molecule has 1 aliphatic heterocycles. The number of hydrogen-bond donors (Lipinski definition) is 2. The van der Waals surface area contributed by atoms with E-state index in [0.29, 0.717) is 13.0 Å². The molecule has 0 aromatic carbocycles. The summed E-state index contributed by atoms with van der Waals surface area (Å²) in [5.41, 5.74) is 0. The fourth-order valence-corrected chi connectivity index (χ4v) is 2.18. The zero-order valence-electron chi connectivity index (χ0n) is 9.31. The van der Waals surface area contributed by atoms with Gasteiger partial charge >= 0.3 is 0 Å². The Morgan fingerprint density at radius 3 is 2.81 bits per heavy atom. The molecule has 3 N–H and O–H groups in total. The summed E-state index contributed by atoms with van der Waals surface area (Å²) in [5.74, 6) is -0.540. The van der Waals surface area contributed by atoms with E-state index in [-0.39, 0.29) is 30.2 Å². The fourth-order valence-electron chi connectivity index (χ4n) is 1.80. The summed E-state index contributed by atoms with van der Waals surface area (Å²) in [6, 6.07) is 0. The molecule has 16 heavy (non-hydrogen) atoms. The lowest BCUT2D eigenvalue weighted by molar-refractivity contribution is -0.126. The number of carbonyl (C=O) groups excluding carboxylic acids is 1. The third-order valence-electron chi connectivity index (χ3n) is 2.63. The summed E-state index contributed by atoms with van der Waals surface area (Å²) in [4.78, 5) is 11.7. The average molecular weight is 250 g/mol. The van der Waals surface area contributed by atoms with Crippen molar-refractivity contribution in [1.29, 1.82) is 0 Å². The first-order valence-electron chi connectivity index (χ1n) is 5.34. The van der Waals surface area contributed by atoms with Gasteiger partial charge < -0.3 is 10.1 Å². The minimum Gasteiger partial charge on any atom is -0.377 e. The van der Waals surface area contributed by atoms with Crippen LogP contribution >= 0.6 is 0 Å². The Bertz CT molecular complexity index is 341. The molecule has 6 nitrogen and oxygen atoms in total. The van der Waals surface area contributed by atoms with Gasteiger partial charge in [-0.1, -0.05) is 6.92 Å². The van der Waals surface area contributed by atoms with E-state index < -0.39 is 10.0 Å². The van der Waals surface area contributed by atoms with Crippen molar-refractivity contribution in [1.82, 2.24) is 5.32 Å². The van der Waals surface area contributed by atoms with Crippen LogP contribution in [0.25, 0.3) is 0 Å². The van der Waals surface area contributed by atoms with Crippen LogP contribution in [0.2, 0.25) is 0 Å². The zero-order chi connectivity index (χ0) is 12.2. The number of rotatable bonds is 5. The zero-order valence-corrected chi connectivity index (χ0v) is 10.1. The highest BCUT2D eigenvalue weighted by atomic mass is 32.2. The maximum absolute atomic E-state index is 11.7. The summed E-state index contributed by atoms with van der Waals surface area (Å²) in [6.07, 6.45) is 1.43. The van der Waals surface area contributed by atoms with Gasteiger partial charge in [-0.05, 0) is 12.8 Å². The lowest BCUT2D eigenvalue weighted by atomic mass is 9.99. The Morgan fingerprint density at radius 1 is 1.56 bits per heavy atom. The van der Waals surface area contributed by atoms with Gasteiger partial charge in [-0.2, -0.15) is 0 Å². The third-order valence-corrected chi connectivity index (χ3v) is 3.41. The van der Waals surface area contributed by atoms with Crippen LogP contribution in [-0.2, 0) is 19.6 Å². The Kier molecular flexibility index (Phi) is 4.69. The highest BCUT2D eigenvalue weighted by Crippen LogP contribution is 2.23. The highest BCUT2D eigenvalue weighted by Gasteiger charge is 2.32. The van der Waals surface area contributed by atoms with E-state index in [9.17, 15) is 13.2 Å². The van der Waals surface area contributed by atoms with Crippen molar-refractivity contribution >= 4 is 15.9 Å². The molecule has 0 saturated carbocycles. The van der Waals surface area contributed by atoms with Crippen molar-refractivity contribution in [2.24, 2.45) is 11.1 Å². The molecular formula is C9H18N2O4S. The average Bonchev–Trinajstić information content (AvgIpc) is 2.63. The van der Waals surface area contributed by atoms with Crippen LogP contribution in [0.5, 0.6) is 0 Å². The van der Waals surface area contributed by atoms with E-state index in [2.05, 4.69) is 5.32 Å². The van der Waals surface area contributed by atoms with Gasteiger partial charge in [-0.25, -0.2) is 13.6 Å². The molecule has 1 fully saturated rings. The SMILES string of the molecule is CCC1OCCC1C(=O)NCCS(N)(=O)=O. The molecule has 0 spiro atoms. The van der Waals surface area contributed by atoms with Crippen molar-refractivity contribution in [3.8, 4) is 0 Å². The van der Waals surface area contributed by atoms with Crippen LogP contribution in [0.1, 0.15) is 19.8 Å². The Balaban J connectivity index is 2.35. The predicted molar refractivity (Wildman–Crippen MR) is 59.1 cm³/mol. The first kappa shape index (κ1) is 13.4. The van der Waals surface area contributed by atoms with Gasteiger partial charge in [0, 0.05) is 13.2 Å². The maximum atomic E-state index is 11.7. The van der Waals surface area contributed by atoms with E-state index >= 15 is 0 Å². The highest BCUT2D eigenvalue weighted by molar-refractivity contribution is 7.89. The molecule has 0 bridgehead atoms. The molecule has 0 aliphatic carbocycles. The first-order valence-corrected chi connectivity index (χ1v) is 7.05. The molecule has 1 saturated heterocycles. The molecular weight excluding hydrogens is 232 g/mol. The Morgan fingerprint density at radius 2 is 2.25 bits per heavy atom. The molecule has 2 atom stereocenters. The smallest absolute Gasteiger partial charge is 0.225 e. The van der Waals surface area contributed by atoms with E-state index in [4.69, 9.17) is 9.88 Å². The lowest BCUT2D eigenvalue weighted by Crippen LogP contribution is -2.38. The monoisotopic (exact) mass is 250 g/mol. The van der Waals surface area contributed by atoms with Crippen molar-refractivity contribution < 1.29 is 17.9 Å². The lowest BCUT2D eigenvalue weighted by Gasteiger charge is -2.16. The van der Waals surface area contributed by atoms with Gasteiger partial charge in [-0.3, -0.25) is 4.79 Å². The topological polar surface area (TPSA) is 98.5 Å². The molecule has 0 aromatic heterocycles. The van der Waals surface area contributed by atoms with Gasteiger partial charge in [0.05, 0.1) is 17.8 Å². The number of carbonyl (C=O) groups is 1. The van der Waals surface area contributed by atoms with Crippen LogP contribution in [0.4, 0.5) is 0 Å². The molecule has 0 aromatic rings. The number of nitrogens with one attached hydrogen (secondary N) is 1. The van der Waals surface area contributed by atoms with E-state index in [0.717, 1.165) is 6.42 Å².